The van der Waals surface area contributed by atoms with Gasteiger partial charge in [-0.25, -0.2) is 4.79 Å². The molecule has 0 radical (unpaired) electrons. The van der Waals surface area contributed by atoms with Crippen molar-refractivity contribution >= 4 is 19.3 Å². The van der Waals surface area contributed by atoms with Gasteiger partial charge in [-0.15, -0.1) is 0 Å². The minimum absolute atomic E-state index is 0.164. The maximum atomic E-state index is 11.8. The van der Waals surface area contributed by atoms with Crippen molar-refractivity contribution in [3.8, 4) is 5.75 Å². The fraction of sp³-hybridized carbons (Fsp3) is 0. The van der Waals surface area contributed by atoms with Gasteiger partial charge in [0.1, 0.15) is 0 Å². The molecule has 0 aliphatic heterocycles. The minimum atomic E-state index is -1.97. The summed E-state index contributed by atoms with van der Waals surface area (Å²) >= 11 is 0. The van der Waals surface area contributed by atoms with Crippen LogP contribution in [0, 0.1) is 0 Å². The third-order valence-electron chi connectivity index (χ3n) is 2.26. The van der Waals surface area contributed by atoms with Gasteiger partial charge >= 0.3 is 14.0 Å². The molecule has 2 aromatic carbocycles. The van der Waals surface area contributed by atoms with Crippen LogP contribution >= 0.6 is 8.03 Å². The molecule has 0 fully saturated rings. The van der Waals surface area contributed by atoms with Crippen molar-refractivity contribution in [3.05, 3.63) is 60.2 Å². The van der Waals surface area contributed by atoms with Crippen molar-refractivity contribution in [2.24, 2.45) is 0 Å². The Hall–Kier alpha value is -2.19. The molecule has 0 aliphatic carbocycles. The Kier molecular flexibility index (Phi) is 3.70. The van der Waals surface area contributed by atoms with Crippen LogP contribution in [0.15, 0.2) is 54.6 Å². The van der Waals surface area contributed by atoms with Gasteiger partial charge < -0.3 is 5.11 Å². The highest BCUT2D eigenvalue weighted by Gasteiger charge is 2.22. The van der Waals surface area contributed by atoms with Gasteiger partial charge in [-0.2, -0.15) is 0 Å². The second-order valence-electron chi connectivity index (χ2n) is 3.51. The standard InChI is InChI=1S/C13H9O4P/c14-13(15)10-6-8-11(9-7-10)17-18(16)12-4-2-1-3-5-12/h1-9H/p+1. The van der Waals surface area contributed by atoms with Gasteiger partial charge in [-0.1, -0.05) is 18.2 Å². The Bertz CT molecular complexity index is 563. The maximum Gasteiger partial charge on any atom is 0.597 e. The van der Waals surface area contributed by atoms with Crippen molar-refractivity contribution in [2.45, 2.75) is 0 Å². The van der Waals surface area contributed by atoms with Crippen molar-refractivity contribution in [3.63, 3.8) is 0 Å². The van der Waals surface area contributed by atoms with E-state index in [9.17, 15) is 9.36 Å². The lowest BCUT2D eigenvalue weighted by atomic mass is 10.2. The first-order valence-corrected chi connectivity index (χ1v) is 6.38. The molecule has 0 aromatic heterocycles. The van der Waals surface area contributed by atoms with Gasteiger partial charge in [0.2, 0.25) is 5.30 Å². The molecule has 0 saturated carbocycles. The number of carbonyl (C=O) groups is 1. The van der Waals surface area contributed by atoms with Gasteiger partial charge in [0.05, 0.1) is 5.56 Å². The summed E-state index contributed by atoms with van der Waals surface area (Å²) < 4.78 is 17.1. The highest BCUT2D eigenvalue weighted by atomic mass is 31.1. The fourth-order valence-corrected chi connectivity index (χ4v) is 2.19. The molecule has 1 unspecified atom stereocenters. The number of hydrogen-bond acceptors (Lipinski definition) is 3. The largest absolute Gasteiger partial charge is 0.597 e. The number of carboxylic acids is 1. The predicted molar refractivity (Wildman–Crippen MR) is 67.7 cm³/mol. The minimum Gasteiger partial charge on any atom is -0.478 e. The van der Waals surface area contributed by atoms with E-state index in [0.29, 0.717) is 11.1 Å². The van der Waals surface area contributed by atoms with Gasteiger partial charge in [-0.05, 0) is 41.0 Å². The van der Waals surface area contributed by atoms with E-state index in [1.54, 1.807) is 24.3 Å². The fourth-order valence-electron chi connectivity index (χ4n) is 1.36. The predicted octanol–water partition coefficient (Wildman–Crippen LogP) is 2.83. The molecule has 1 N–H and O–H groups in total. The van der Waals surface area contributed by atoms with Gasteiger partial charge in [-0.3, -0.25) is 4.52 Å². The molecule has 1 atom stereocenters. The lowest BCUT2D eigenvalue weighted by molar-refractivity contribution is 0.0697. The average Bonchev–Trinajstić information content (AvgIpc) is 2.40. The summed E-state index contributed by atoms with van der Waals surface area (Å²) in [5, 5.41) is 9.33. The average molecular weight is 261 g/mol. The molecule has 5 heteroatoms. The third-order valence-corrected chi connectivity index (χ3v) is 3.35. The van der Waals surface area contributed by atoms with Gasteiger partial charge in [0, 0.05) is 0 Å². The van der Waals surface area contributed by atoms with Crippen LogP contribution in [0.5, 0.6) is 5.75 Å². The molecule has 0 saturated heterocycles. The first-order chi connectivity index (χ1) is 8.66. The lowest BCUT2D eigenvalue weighted by Crippen LogP contribution is -1.99. The smallest absolute Gasteiger partial charge is 0.478 e. The summed E-state index contributed by atoms with van der Waals surface area (Å²) in [5.74, 6) is -0.626. The van der Waals surface area contributed by atoms with Crippen LogP contribution < -0.4 is 9.83 Å². The van der Waals surface area contributed by atoms with E-state index in [2.05, 4.69) is 0 Å². The summed E-state index contributed by atoms with van der Waals surface area (Å²) in [6, 6.07) is 14.6. The quantitative estimate of drug-likeness (QED) is 0.859. The number of benzene rings is 2. The number of hydrogen-bond donors (Lipinski definition) is 1. The molecule has 0 bridgehead atoms. The zero-order chi connectivity index (χ0) is 13.0. The van der Waals surface area contributed by atoms with Crippen LogP contribution in [0.3, 0.4) is 0 Å². The highest BCUT2D eigenvalue weighted by molar-refractivity contribution is 7.48. The summed E-state index contributed by atoms with van der Waals surface area (Å²) in [5.41, 5.74) is 0.164. The number of rotatable bonds is 4. The van der Waals surface area contributed by atoms with Crippen LogP contribution in [0.4, 0.5) is 0 Å². The SMILES string of the molecule is O=C(O)c1ccc(O[P+](=O)c2ccccc2)cc1. The van der Waals surface area contributed by atoms with Crippen molar-refractivity contribution in [1.29, 1.82) is 0 Å². The van der Waals surface area contributed by atoms with Crippen LogP contribution in [0.1, 0.15) is 10.4 Å². The number of carboxylic acid groups (broad SMARTS) is 1. The van der Waals surface area contributed by atoms with Crippen molar-refractivity contribution in [1.82, 2.24) is 0 Å². The Balaban J connectivity index is 2.10. The van der Waals surface area contributed by atoms with E-state index in [1.807, 2.05) is 6.07 Å². The van der Waals surface area contributed by atoms with E-state index < -0.39 is 14.0 Å². The van der Waals surface area contributed by atoms with Crippen LogP contribution in [-0.4, -0.2) is 11.1 Å². The van der Waals surface area contributed by atoms with Gasteiger partial charge in [0.15, 0.2) is 5.75 Å². The Morgan fingerprint density at radius 1 is 1.00 bits per heavy atom. The highest BCUT2D eigenvalue weighted by Crippen LogP contribution is 2.26. The van der Waals surface area contributed by atoms with Crippen LogP contribution in [0.25, 0.3) is 0 Å². The summed E-state index contributed by atoms with van der Waals surface area (Å²) in [4.78, 5) is 10.7. The summed E-state index contributed by atoms with van der Waals surface area (Å²) in [7, 11) is -1.97. The molecule has 0 spiro atoms. The third kappa shape index (κ3) is 2.93. The summed E-state index contributed by atoms with van der Waals surface area (Å²) in [6.07, 6.45) is 0. The van der Waals surface area contributed by atoms with Crippen molar-refractivity contribution < 1.29 is 19.0 Å². The molecular weight excluding hydrogens is 251 g/mol. The Morgan fingerprint density at radius 3 is 2.17 bits per heavy atom. The zero-order valence-corrected chi connectivity index (χ0v) is 10.2. The molecule has 90 valence electrons. The maximum absolute atomic E-state index is 11.8. The molecule has 0 aliphatic rings. The topological polar surface area (TPSA) is 63.6 Å². The Morgan fingerprint density at radius 2 is 1.61 bits per heavy atom. The van der Waals surface area contributed by atoms with Crippen LogP contribution in [0.2, 0.25) is 0 Å². The lowest BCUT2D eigenvalue weighted by Gasteiger charge is -1.95. The first-order valence-electron chi connectivity index (χ1n) is 5.20. The second-order valence-corrected chi connectivity index (χ2v) is 4.73. The molecule has 4 nitrogen and oxygen atoms in total. The second kappa shape index (κ2) is 5.43. The van der Waals surface area contributed by atoms with E-state index in [-0.39, 0.29) is 5.56 Å². The zero-order valence-electron chi connectivity index (χ0n) is 9.32. The normalized spacial score (nSPS) is 10.8. The summed E-state index contributed by atoms with van der Waals surface area (Å²) in [6.45, 7) is 0. The molecule has 2 aromatic rings. The van der Waals surface area contributed by atoms with E-state index in [4.69, 9.17) is 9.63 Å². The van der Waals surface area contributed by atoms with E-state index >= 15 is 0 Å². The Labute approximate surface area is 105 Å². The van der Waals surface area contributed by atoms with Crippen molar-refractivity contribution in [2.75, 3.05) is 0 Å². The number of aromatic carboxylic acids is 1. The monoisotopic (exact) mass is 261 g/mol. The molecule has 18 heavy (non-hydrogen) atoms. The van der Waals surface area contributed by atoms with E-state index in [1.165, 1.54) is 24.3 Å². The van der Waals surface area contributed by atoms with Gasteiger partial charge in [0.25, 0.3) is 0 Å². The molecule has 0 amide bonds. The van der Waals surface area contributed by atoms with E-state index in [0.717, 1.165) is 0 Å². The molecule has 0 heterocycles. The first kappa shape index (κ1) is 12.3. The molecular formula is C13H10O4P+. The van der Waals surface area contributed by atoms with Crippen LogP contribution in [-0.2, 0) is 4.57 Å². The molecule has 2 rings (SSSR count).